The van der Waals surface area contributed by atoms with Crippen LogP contribution in [0.2, 0.25) is 0 Å². The highest BCUT2D eigenvalue weighted by Gasteiger charge is 2.19. The number of hydrogen-bond acceptors (Lipinski definition) is 4. The summed E-state index contributed by atoms with van der Waals surface area (Å²) in [6.45, 7) is 3.79. The first-order valence-electron chi connectivity index (χ1n) is 6.83. The summed E-state index contributed by atoms with van der Waals surface area (Å²) in [6.07, 6.45) is 0. The number of hydrogen-bond donors (Lipinski definition) is 0. The Bertz CT molecular complexity index is 799. The Morgan fingerprint density at radius 1 is 1.19 bits per heavy atom. The molecule has 0 unspecified atom stereocenters. The second-order valence-corrected chi connectivity index (χ2v) is 4.67. The fraction of sp³-hybridized carbons (Fsp3) is 0.176. The van der Waals surface area contributed by atoms with Crippen LogP contribution in [-0.4, -0.2) is 17.6 Å². The maximum atomic E-state index is 11.8. The first-order chi connectivity index (χ1) is 10.2. The van der Waals surface area contributed by atoms with Gasteiger partial charge in [-0.1, -0.05) is 36.4 Å². The van der Waals surface area contributed by atoms with Crippen LogP contribution in [-0.2, 0) is 4.74 Å². The lowest BCUT2D eigenvalue weighted by atomic mass is 10.0. The first kappa shape index (κ1) is 13.4. The van der Waals surface area contributed by atoms with Crippen LogP contribution in [0.3, 0.4) is 0 Å². The molecule has 3 rings (SSSR count). The van der Waals surface area contributed by atoms with Crippen molar-refractivity contribution < 1.29 is 13.9 Å². The maximum absolute atomic E-state index is 11.8. The summed E-state index contributed by atoms with van der Waals surface area (Å²) in [6, 6.07) is 13.9. The Kier molecular flexibility index (Phi) is 3.44. The summed E-state index contributed by atoms with van der Waals surface area (Å²) in [4.78, 5) is 16.1. The van der Waals surface area contributed by atoms with E-state index in [9.17, 15) is 4.79 Å². The molecule has 0 N–H and O–H groups in total. The summed E-state index contributed by atoms with van der Waals surface area (Å²) in [5, 5.41) is 2.14. The Morgan fingerprint density at radius 2 is 1.95 bits per heavy atom. The van der Waals surface area contributed by atoms with Gasteiger partial charge in [-0.25, -0.2) is 9.78 Å². The molecule has 2 aromatic carbocycles. The zero-order valence-electron chi connectivity index (χ0n) is 11.9. The lowest BCUT2D eigenvalue weighted by Crippen LogP contribution is -2.06. The fourth-order valence-electron chi connectivity index (χ4n) is 2.31. The van der Waals surface area contributed by atoms with Crippen LogP contribution < -0.4 is 0 Å². The van der Waals surface area contributed by atoms with E-state index in [1.807, 2.05) is 42.5 Å². The number of carbonyl (C=O) groups excluding carboxylic acids is 1. The molecule has 0 fully saturated rings. The molecule has 1 aromatic heterocycles. The van der Waals surface area contributed by atoms with Gasteiger partial charge in [-0.2, -0.15) is 0 Å². The third kappa shape index (κ3) is 2.40. The number of aryl methyl sites for hydroxylation is 1. The molecule has 0 spiro atoms. The molecular weight excluding hydrogens is 266 g/mol. The summed E-state index contributed by atoms with van der Waals surface area (Å²) >= 11 is 0. The summed E-state index contributed by atoms with van der Waals surface area (Å²) in [7, 11) is 0. The van der Waals surface area contributed by atoms with Crippen molar-refractivity contribution in [3.05, 3.63) is 53.9 Å². The molecule has 4 heteroatoms. The number of aromatic nitrogens is 1. The average molecular weight is 281 g/mol. The number of fused-ring (bicyclic) bond motifs is 1. The topological polar surface area (TPSA) is 52.3 Å². The first-order valence-corrected chi connectivity index (χ1v) is 6.83. The van der Waals surface area contributed by atoms with Crippen LogP contribution in [0, 0.1) is 6.92 Å². The van der Waals surface area contributed by atoms with Crippen molar-refractivity contribution in [1.82, 2.24) is 4.98 Å². The zero-order chi connectivity index (χ0) is 14.8. The van der Waals surface area contributed by atoms with Gasteiger partial charge in [0, 0.05) is 5.56 Å². The third-order valence-corrected chi connectivity index (χ3v) is 3.29. The lowest BCUT2D eigenvalue weighted by Gasteiger charge is -2.02. The Morgan fingerprint density at radius 3 is 2.76 bits per heavy atom. The molecule has 0 atom stereocenters. The number of oxazole rings is 1. The van der Waals surface area contributed by atoms with Gasteiger partial charge in [0.25, 0.3) is 0 Å². The van der Waals surface area contributed by atoms with E-state index in [-0.39, 0.29) is 5.69 Å². The molecule has 1 heterocycles. The number of rotatable bonds is 3. The Balaban J connectivity index is 2.12. The summed E-state index contributed by atoms with van der Waals surface area (Å²) in [5.74, 6) is 0.453. The molecule has 0 bridgehead atoms. The van der Waals surface area contributed by atoms with Crippen LogP contribution in [0.4, 0.5) is 0 Å². The molecule has 0 saturated carbocycles. The van der Waals surface area contributed by atoms with E-state index in [1.165, 1.54) is 0 Å². The van der Waals surface area contributed by atoms with Crippen molar-refractivity contribution >= 4 is 16.7 Å². The predicted molar refractivity (Wildman–Crippen MR) is 80.1 cm³/mol. The van der Waals surface area contributed by atoms with Gasteiger partial charge in [0.05, 0.1) is 6.61 Å². The minimum Gasteiger partial charge on any atom is -0.461 e. The number of ether oxygens (including phenoxy) is 1. The molecule has 0 aliphatic rings. The second-order valence-electron chi connectivity index (χ2n) is 4.67. The minimum absolute atomic E-state index is 0.236. The molecule has 0 radical (unpaired) electrons. The minimum atomic E-state index is -0.453. The van der Waals surface area contributed by atoms with Crippen LogP contribution >= 0.6 is 0 Å². The molecule has 3 aromatic rings. The van der Waals surface area contributed by atoms with Crippen LogP contribution in [0.15, 0.2) is 46.9 Å². The van der Waals surface area contributed by atoms with E-state index in [0.717, 1.165) is 16.3 Å². The smallest absolute Gasteiger partial charge is 0.360 e. The van der Waals surface area contributed by atoms with Crippen molar-refractivity contribution in [3.63, 3.8) is 0 Å². The van der Waals surface area contributed by atoms with Crippen molar-refractivity contribution in [1.29, 1.82) is 0 Å². The molecule has 0 aliphatic heterocycles. The van der Waals surface area contributed by atoms with Gasteiger partial charge < -0.3 is 9.15 Å². The SMILES string of the molecule is CCOC(=O)c1nc(-c2cccc3ccccc23)oc1C. The molecule has 0 aliphatic carbocycles. The normalized spacial score (nSPS) is 10.8. The number of esters is 1. The van der Waals surface area contributed by atoms with Crippen molar-refractivity contribution in [2.45, 2.75) is 13.8 Å². The highest BCUT2D eigenvalue weighted by Crippen LogP contribution is 2.29. The molecule has 21 heavy (non-hydrogen) atoms. The van der Waals surface area contributed by atoms with Gasteiger partial charge >= 0.3 is 5.97 Å². The largest absolute Gasteiger partial charge is 0.461 e. The van der Waals surface area contributed by atoms with E-state index in [2.05, 4.69) is 4.98 Å². The summed E-state index contributed by atoms with van der Waals surface area (Å²) in [5.41, 5.74) is 1.10. The zero-order valence-corrected chi connectivity index (χ0v) is 11.9. The van der Waals surface area contributed by atoms with E-state index in [4.69, 9.17) is 9.15 Å². The van der Waals surface area contributed by atoms with Gasteiger partial charge in [0.1, 0.15) is 5.76 Å². The number of benzene rings is 2. The van der Waals surface area contributed by atoms with Gasteiger partial charge in [-0.15, -0.1) is 0 Å². The van der Waals surface area contributed by atoms with Gasteiger partial charge in [0.15, 0.2) is 5.69 Å². The van der Waals surface area contributed by atoms with E-state index < -0.39 is 5.97 Å². The Hall–Kier alpha value is -2.62. The van der Waals surface area contributed by atoms with Crippen LogP contribution in [0.25, 0.3) is 22.2 Å². The molecule has 0 amide bonds. The van der Waals surface area contributed by atoms with E-state index in [0.29, 0.717) is 18.3 Å². The van der Waals surface area contributed by atoms with Crippen LogP contribution in [0.5, 0.6) is 0 Å². The highest BCUT2D eigenvalue weighted by atomic mass is 16.5. The van der Waals surface area contributed by atoms with Crippen molar-refractivity contribution in [2.24, 2.45) is 0 Å². The third-order valence-electron chi connectivity index (χ3n) is 3.29. The lowest BCUT2D eigenvalue weighted by molar-refractivity contribution is 0.0518. The van der Waals surface area contributed by atoms with E-state index >= 15 is 0 Å². The molecule has 4 nitrogen and oxygen atoms in total. The predicted octanol–water partition coefficient (Wildman–Crippen LogP) is 3.98. The second kappa shape index (κ2) is 5.40. The fourth-order valence-corrected chi connectivity index (χ4v) is 2.31. The molecule has 0 saturated heterocycles. The average Bonchev–Trinajstić information content (AvgIpc) is 2.89. The molecular formula is C17H15NO3. The molecule has 106 valence electrons. The van der Waals surface area contributed by atoms with Crippen molar-refractivity contribution in [2.75, 3.05) is 6.61 Å². The number of carbonyl (C=O) groups is 1. The number of nitrogens with zero attached hydrogens (tertiary/aromatic N) is 1. The standard InChI is InChI=1S/C17H15NO3/c1-3-20-17(19)15-11(2)21-16(18-15)14-10-6-8-12-7-4-5-9-13(12)14/h4-10H,3H2,1-2H3. The summed E-state index contributed by atoms with van der Waals surface area (Å²) < 4.78 is 10.6. The quantitative estimate of drug-likeness (QED) is 0.681. The highest BCUT2D eigenvalue weighted by molar-refractivity contribution is 5.95. The monoisotopic (exact) mass is 281 g/mol. The van der Waals surface area contributed by atoms with Gasteiger partial charge in [-0.3, -0.25) is 0 Å². The maximum Gasteiger partial charge on any atom is 0.360 e. The van der Waals surface area contributed by atoms with E-state index in [1.54, 1.807) is 13.8 Å². The van der Waals surface area contributed by atoms with Gasteiger partial charge in [-0.05, 0) is 30.7 Å². The van der Waals surface area contributed by atoms with Crippen LogP contribution in [0.1, 0.15) is 23.2 Å². The van der Waals surface area contributed by atoms with Gasteiger partial charge in [0.2, 0.25) is 5.89 Å². The Labute approximate surface area is 122 Å². The van der Waals surface area contributed by atoms with Crippen molar-refractivity contribution in [3.8, 4) is 11.5 Å².